The molecule has 0 saturated heterocycles. The molecule has 1 atom stereocenters. The van der Waals surface area contributed by atoms with Gasteiger partial charge in [-0.15, -0.1) is 0 Å². The summed E-state index contributed by atoms with van der Waals surface area (Å²) < 4.78 is 11.8. The number of hydrogen-bond donors (Lipinski definition) is 2. The average Bonchev–Trinajstić information content (AvgIpc) is 2.30. The first-order chi connectivity index (χ1) is 7.89. The first kappa shape index (κ1) is 14.9. The van der Waals surface area contributed by atoms with Crippen molar-refractivity contribution in [3.8, 4) is 0 Å². The molecule has 0 heterocycles. The SMILES string of the molecule is CCC(CC)(C(Br)c1ccccc1)P(=O)(O)O. The van der Waals surface area contributed by atoms with Gasteiger partial charge in [-0.25, -0.2) is 0 Å². The van der Waals surface area contributed by atoms with E-state index < -0.39 is 12.8 Å². The molecule has 3 nitrogen and oxygen atoms in total. The van der Waals surface area contributed by atoms with E-state index in [1.54, 1.807) is 0 Å². The Morgan fingerprint density at radius 2 is 1.71 bits per heavy atom. The fourth-order valence-corrected chi connectivity index (χ4v) is 5.12. The highest BCUT2D eigenvalue weighted by molar-refractivity contribution is 9.09. The highest BCUT2D eigenvalue weighted by Gasteiger charge is 2.49. The maximum Gasteiger partial charge on any atom is 0.333 e. The van der Waals surface area contributed by atoms with Crippen LogP contribution in [-0.2, 0) is 4.57 Å². The molecule has 0 aromatic heterocycles. The Labute approximate surface area is 111 Å². The largest absolute Gasteiger partial charge is 0.333 e. The molecule has 0 spiro atoms. The van der Waals surface area contributed by atoms with Gasteiger partial charge in [0.15, 0.2) is 0 Å². The van der Waals surface area contributed by atoms with E-state index in [1.165, 1.54) is 0 Å². The highest BCUT2D eigenvalue weighted by Crippen LogP contribution is 2.62. The molecule has 1 aromatic carbocycles. The van der Waals surface area contributed by atoms with Crippen LogP contribution >= 0.6 is 23.5 Å². The molecule has 5 heteroatoms. The van der Waals surface area contributed by atoms with Crippen LogP contribution in [0.2, 0.25) is 0 Å². The Bertz CT molecular complexity index is 397. The summed E-state index contributed by atoms with van der Waals surface area (Å²) in [5.41, 5.74) is 0.902. The number of halogens is 1. The normalized spacial score (nSPS) is 14.6. The van der Waals surface area contributed by atoms with Gasteiger partial charge in [-0.1, -0.05) is 60.1 Å². The zero-order valence-electron chi connectivity index (χ0n) is 10.0. The smallest absolute Gasteiger partial charge is 0.324 e. The Kier molecular flexibility index (Phi) is 4.96. The van der Waals surface area contributed by atoms with Crippen LogP contribution in [0.5, 0.6) is 0 Å². The summed E-state index contributed by atoms with van der Waals surface area (Å²) in [6.07, 6.45) is 0.858. The van der Waals surface area contributed by atoms with Crippen LogP contribution in [0.15, 0.2) is 30.3 Å². The predicted octanol–water partition coefficient (Wildman–Crippen LogP) is 3.86. The van der Waals surface area contributed by atoms with Gasteiger partial charge in [0.1, 0.15) is 0 Å². The van der Waals surface area contributed by atoms with E-state index in [0.717, 1.165) is 5.56 Å². The lowest BCUT2D eigenvalue weighted by atomic mass is 9.93. The molecule has 0 amide bonds. The molecule has 0 saturated carbocycles. The molecule has 0 aliphatic heterocycles. The topological polar surface area (TPSA) is 57.5 Å². The molecule has 0 fully saturated rings. The second kappa shape index (κ2) is 5.66. The summed E-state index contributed by atoms with van der Waals surface area (Å²) in [4.78, 5) is 18.9. The highest BCUT2D eigenvalue weighted by atomic mass is 79.9. The van der Waals surface area contributed by atoms with E-state index in [9.17, 15) is 14.4 Å². The van der Waals surface area contributed by atoms with Crippen molar-refractivity contribution >= 4 is 23.5 Å². The van der Waals surface area contributed by atoms with Crippen LogP contribution in [0.3, 0.4) is 0 Å². The second-order valence-electron chi connectivity index (χ2n) is 4.13. The zero-order chi connectivity index (χ0) is 13.1. The number of hydrogen-bond acceptors (Lipinski definition) is 1. The lowest BCUT2D eigenvalue weighted by Gasteiger charge is -2.37. The lowest BCUT2D eigenvalue weighted by Crippen LogP contribution is -2.32. The summed E-state index contributed by atoms with van der Waals surface area (Å²) in [5.74, 6) is 0. The minimum Gasteiger partial charge on any atom is -0.324 e. The van der Waals surface area contributed by atoms with E-state index in [0.29, 0.717) is 12.8 Å². The van der Waals surface area contributed by atoms with Crippen molar-refractivity contribution in [3.63, 3.8) is 0 Å². The summed E-state index contributed by atoms with van der Waals surface area (Å²) in [6.45, 7) is 3.64. The van der Waals surface area contributed by atoms with Crippen molar-refractivity contribution < 1.29 is 14.4 Å². The lowest BCUT2D eigenvalue weighted by molar-refractivity contribution is 0.311. The van der Waals surface area contributed by atoms with Crippen LogP contribution in [-0.4, -0.2) is 14.9 Å². The zero-order valence-corrected chi connectivity index (χ0v) is 12.5. The second-order valence-corrected chi connectivity index (χ2v) is 7.02. The van der Waals surface area contributed by atoms with Gasteiger partial charge in [0.2, 0.25) is 0 Å². The van der Waals surface area contributed by atoms with E-state index in [-0.39, 0.29) is 4.83 Å². The molecular formula is C12H18BrO3P. The fraction of sp³-hybridized carbons (Fsp3) is 0.500. The first-order valence-corrected chi connectivity index (χ1v) is 8.16. The summed E-state index contributed by atoms with van der Waals surface area (Å²) in [6, 6.07) is 9.41. The predicted molar refractivity (Wildman–Crippen MR) is 73.5 cm³/mol. The van der Waals surface area contributed by atoms with Crippen molar-refractivity contribution in [1.29, 1.82) is 0 Å². The molecule has 0 bridgehead atoms. The number of rotatable bonds is 5. The van der Waals surface area contributed by atoms with Gasteiger partial charge in [0, 0.05) is 0 Å². The molecule has 0 aliphatic rings. The van der Waals surface area contributed by atoms with Crippen LogP contribution < -0.4 is 0 Å². The van der Waals surface area contributed by atoms with Gasteiger partial charge in [-0.05, 0) is 18.4 Å². The Balaban J connectivity index is 3.22. The van der Waals surface area contributed by atoms with Gasteiger partial charge < -0.3 is 9.79 Å². The van der Waals surface area contributed by atoms with Crippen molar-refractivity contribution in [2.45, 2.75) is 36.7 Å². The quantitative estimate of drug-likeness (QED) is 0.639. The van der Waals surface area contributed by atoms with Gasteiger partial charge >= 0.3 is 7.60 Å². The van der Waals surface area contributed by atoms with Crippen LogP contribution in [0.1, 0.15) is 37.1 Å². The Hall–Kier alpha value is -0.150. The third-order valence-corrected chi connectivity index (χ3v) is 7.18. The van der Waals surface area contributed by atoms with Crippen LogP contribution in [0.25, 0.3) is 0 Å². The minimum atomic E-state index is -4.18. The molecule has 1 rings (SSSR count). The average molecular weight is 321 g/mol. The monoisotopic (exact) mass is 320 g/mol. The van der Waals surface area contributed by atoms with E-state index in [1.807, 2.05) is 44.2 Å². The van der Waals surface area contributed by atoms with E-state index >= 15 is 0 Å². The summed E-state index contributed by atoms with van der Waals surface area (Å²) in [5, 5.41) is -1.03. The van der Waals surface area contributed by atoms with Gasteiger partial charge in [-0.3, -0.25) is 4.57 Å². The third kappa shape index (κ3) is 2.82. The molecular weight excluding hydrogens is 303 g/mol. The standard InChI is InChI=1S/C12H18BrO3P/c1-3-12(4-2,17(14,15)16)11(13)10-8-6-5-7-9-10/h5-9,11H,3-4H2,1-2H3,(H2,14,15,16). The van der Waals surface area contributed by atoms with Crippen molar-refractivity contribution in [2.24, 2.45) is 0 Å². The molecule has 17 heavy (non-hydrogen) atoms. The molecule has 96 valence electrons. The summed E-state index contributed by atoms with van der Waals surface area (Å²) in [7, 11) is -4.18. The van der Waals surface area contributed by atoms with Gasteiger partial charge in [0.05, 0.1) is 9.98 Å². The third-order valence-electron chi connectivity index (χ3n) is 3.37. The van der Waals surface area contributed by atoms with E-state index in [2.05, 4.69) is 15.9 Å². The number of alkyl halides is 1. The Morgan fingerprint density at radius 3 is 2.06 bits per heavy atom. The van der Waals surface area contributed by atoms with Gasteiger partial charge in [-0.2, -0.15) is 0 Å². The van der Waals surface area contributed by atoms with Crippen LogP contribution in [0, 0.1) is 0 Å². The minimum absolute atomic E-state index is 0.341. The summed E-state index contributed by atoms with van der Waals surface area (Å²) >= 11 is 3.47. The van der Waals surface area contributed by atoms with Crippen molar-refractivity contribution in [2.75, 3.05) is 0 Å². The maximum atomic E-state index is 11.8. The van der Waals surface area contributed by atoms with Crippen molar-refractivity contribution in [3.05, 3.63) is 35.9 Å². The van der Waals surface area contributed by atoms with E-state index in [4.69, 9.17) is 0 Å². The maximum absolute atomic E-state index is 11.8. The van der Waals surface area contributed by atoms with Crippen LogP contribution in [0.4, 0.5) is 0 Å². The molecule has 1 aromatic rings. The molecule has 2 N–H and O–H groups in total. The first-order valence-electron chi connectivity index (χ1n) is 5.63. The Morgan fingerprint density at radius 1 is 1.24 bits per heavy atom. The van der Waals surface area contributed by atoms with Crippen molar-refractivity contribution in [1.82, 2.24) is 0 Å². The molecule has 1 unspecified atom stereocenters. The van der Waals surface area contributed by atoms with Gasteiger partial charge in [0.25, 0.3) is 0 Å². The fourth-order valence-electron chi connectivity index (χ4n) is 2.10. The number of benzene rings is 1. The molecule has 0 radical (unpaired) electrons. The molecule has 0 aliphatic carbocycles.